The third-order valence-corrected chi connectivity index (χ3v) is 1.39. The summed E-state index contributed by atoms with van der Waals surface area (Å²) >= 11 is 0. The third-order valence-electron chi connectivity index (χ3n) is 1.39. The van der Waals surface area contributed by atoms with Crippen LogP contribution in [0.15, 0.2) is 23.3 Å². The molecule has 0 N–H and O–H groups in total. The second-order valence-corrected chi connectivity index (χ2v) is 2.18. The van der Waals surface area contributed by atoms with Crippen LogP contribution in [0.4, 0.5) is 4.39 Å². The predicted octanol–water partition coefficient (Wildman–Crippen LogP) is 1.10. The number of isocyanates is 1. The fraction of sp³-hybridized carbons (Fsp3) is 0.250. The van der Waals surface area contributed by atoms with Gasteiger partial charge in [-0.15, -0.1) is 0 Å². The van der Waals surface area contributed by atoms with Gasteiger partial charge in [-0.3, -0.25) is 0 Å². The topological polar surface area (TPSA) is 42.3 Å². The van der Waals surface area contributed by atoms with Gasteiger partial charge in [0.1, 0.15) is 0 Å². The van der Waals surface area contributed by atoms with E-state index in [2.05, 4.69) is 9.98 Å². The van der Waals surface area contributed by atoms with Crippen molar-refractivity contribution in [1.82, 2.24) is 4.98 Å². The molecule has 12 heavy (non-hydrogen) atoms. The quantitative estimate of drug-likeness (QED) is 0.383. The molecule has 0 amide bonds. The van der Waals surface area contributed by atoms with Crippen LogP contribution in [-0.4, -0.2) is 17.6 Å². The van der Waals surface area contributed by atoms with Crippen molar-refractivity contribution in [1.29, 1.82) is 0 Å². The Hall–Kier alpha value is -1.54. The van der Waals surface area contributed by atoms with Gasteiger partial charge in [0.15, 0.2) is 0 Å². The summed E-state index contributed by atoms with van der Waals surface area (Å²) in [5.41, 5.74) is 0.469. The van der Waals surface area contributed by atoms with Crippen LogP contribution < -0.4 is 0 Å². The van der Waals surface area contributed by atoms with Crippen LogP contribution in [0.5, 0.6) is 0 Å². The standard InChI is InChI=1S/C8H7FN2O/c9-8-7(2-1-4-11-8)3-5-10-6-12/h1-2,4H,3,5H2. The average Bonchev–Trinajstić information content (AvgIpc) is 2.09. The highest BCUT2D eigenvalue weighted by Crippen LogP contribution is 2.03. The number of nitrogens with zero attached hydrogens (tertiary/aromatic N) is 2. The minimum absolute atomic E-state index is 0.256. The van der Waals surface area contributed by atoms with Gasteiger partial charge in [0.25, 0.3) is 0 Å². The van der Waals surface area contributed by atoms with Gasteiger partial charge in [0, 0.05) is 11.8 Å². The Morgan fingerprint density at radius 3 is 3.17 bits per heavy atom. The van der Waals surface area contributed by atoms with E-state index in [1.165, 1.54) is 12.3 Å². The lowest BCUT2D eigenvalue weighted by Crippen LogP contribution is -1.95. The summed E-state index contributed by atoms with van der Waals surface area (Å²) in [6, 6.07) is 3.26. The van der Waals surface area contributed by atoms with Crippen molar-refractivity contribution >= 4 is 6.08 Å². The number of aromatic nitrogens is 1. The van der Waals surface area contributed by atoms with Gasteiger partial charge in [0.05, 0.1) is 6.54 Å². The summed E-state index contributed by atoms with van der Waals surface area (Å²) in [7, 11) is 0. The summed E-state index contributed by atoms with van der Waals surface area (Å²) in [4.78, 5) is 16.4. The first-order valence-electron chi connectivity index (χ1n) is 3.47. The lowest BCUT2D eigenvalue weighted by molar-refractivity contribution is 0.558. The monoisotopic (exact) mass is 166 g/mol. The zero-order valence-electron chi connectivity index (χ0n) is 6.33. The highest BCUT2D eigenvalue weighted by Gasteiger charge is 1.99. The van der Waals surface area contributed by atoms with Crippen molar-refractivity contribution in [3.63, 3.8) is 0 Å². The molecular formula is C8H7FN2O. The van der Waals surface area contributed by atoms with Crippen molar-refractivity contribution in [2.75, 3.05) is 6.54 Å². The molecule has 0 atom stereocenters. The maximum atomic E-state index is 12.8. The SMILES string of the molecule is O=C=NCCc1cccnc1F. The van der Waals surface area contributed by atoms with Gasteiger partial charge in [-0.25, -0.2) is 14.8 Å². The van der Waals surface area contributed by atoms with Gasteiger partial charge in [-0.2, -0.15) is 4.39 Å². The molecule has 3 nitrogen and oxygen atoms in total. The highest BCUT2D eigenvalue weighted by molar-refractivity contribution is 5.32. The number of pyridine rings is 1. The fourth-order valence-corrected chi connectivity index (χ4v) is 0.828. The van der Waals surface area contributed by atoms with E-state index in [0.717, 1.165) is 0 Å². The Bertz CT molecular complexity index is 308. The molecule has 0 saturated heterocycles. The molecule has 0 aliphatic heterocycles. The molecule has 1 heterocycles. The lowest BCUT2D eigenvalue weighted by atomic mass is 10.2. The normalized spacial score (nSPS) is 9.08. The molecule has 0 radical (unpaired) electrons. The van der Waals surface area contributed by atoms with Gasteiger partial charge in [-0.1, -0.05) is 6.07 Å². The fourth-order valence-electron chi connectivity index (χ4n) is 0.828. The number of halogens is 1. The Labute approximate surface area is 69.0 Å². The smallest absolute Gasteiger partial charge is 0.228 e. The first-order valence-corrected chi connectivity index (χ1v) is 3.47. The average molecular weight is 166 g/mol. The van der Waals surface area contributed by atoms with Crippen LogP contribution in [0.2, 0.25) is 0 Å². The first kappa shape index (κ1) is 8.56. The van der Waals surface area contributed by atoms with Gasteiger partial charge in [0.2, 0.25) is 12.0 Å². The van der Waals surface area contributed by atoms with Crippen LogP contribution in [0, 0.1) is 5.95 Å². The molecule has 62 valence electrons. The second-order valence-electron chi connectivity index (χ2n) is 2.18. The van der Waals surface area contributed by atoms with Gasteiger partial charge < -0.3 is 0 Å². The number of hydrogen-bond acceptors (Lipinski definition) is 3. The van der Waals surface area contributed by atoms with Crippen LogP contribution in [-0.2, 0) is 11.2 Å². The van der Waals surface area contributed by atoms with E-state index in [1.807, 2.05) is 0 Å². The number of aliphatic imine (C=N–C) groups is 1. The molecular weight excluding hydrogens is 159 g/mol. The lowest BCUT2D eigenvalue weighted by Gasteiger charge is -1.96. The molecule has 0 saturated carbocycles. The van der Waals surface area contributed by atoms with E-state index < -0.39 is 5.95 Å². The van der Waals surface area contributed by atoms with Crippen LogP contribution >= 0.6 is 0 Å². The molecule has 0 aliphatic rings. The third kappa shape index (κ3) is 2.25. The first-order chi connectivity index (χ1) is 5.84. The molecule has 1 aromatic rings. The number of hydrogen-bond donors (Lipinski definition) is 0. The van der Waals surface area contributed by atoms with Crippen LogP contribution in [0.1, 0.15) is 5.56 Å². The minimum Gasteiger partial charge on any atom is -0.228 e. The van der Waals surface area contributed by atoms with Crippen molar-refractivity contribution in [2.45, 2.75) is 6.42 Å². The van der Waals surface area contributed by atoms with E-state index >= 15 is 0 Å². The van der Waals surface area contributed by atoms with E-state index in [0.29, 0.717) is 12.0 Å². The molecule has 1 aromatic heterocycles. The summed E-state index contributed by atoms with van der Waals surface area (Å²) in [5, 5.41) is 0. The predicted molar refractivity (Wildman–Crippen MR) is 40.9 cm³/mol. The molecule has 0 bridgehead atoms. The Balaban J connectivity index is 2.62. The Kier molecular flexibility index (Phi) is 3.11. The van der Waals surface area contributed by atoms with E-state index in [-0.39, 0.29) is 6.54 Å². The maximum absolute atomic E-state index is 12.8. The largest absolute Gasteiger partial charge is 0.234 e. The van der Waals surface area contributed by atoms with Crippen molar-refractivity contribution in [3.8, 4) is 0 Å². The van der Waals surface area contributed by atoms with Crippen molar-refractivity contribution < 1.29 is 9.18 Å². The molecule has 0 spiro atoms. The minimum atomic E-state index is -0.501. The molecule has 4 heteroatoms. The van der Waals surface area contributed by atoms with E-state index in [4.69, 9.17) is 0 Å². The summed E-state index contributed by atoms with van der Waals surface area (Å²) in [5.74, 6) is -0.501. The summed E-state index contributed by atoms with van der Waals surface area (Å²) in [6.45, 7) is 0.256. The Morgan fingerprint density at radius 2 is 2.50 bits per heavy atom. The summed E-state index contributed by atoms with van der Waals surface area (Å²) < 4.78 is 12.8. The molecule has 0 fully saturated rings. The summed E-state index contributed by atoms with van der Waals surface area (Å²) in [6.07, 6.45) is 3.15. The zero-order valence-corrected chi connectivity index (χ0v) is 6.33. The maximum Gasteiger partial charge on any atom is 0.234 e. The number of rotatable bonds is 3. The number of carbonyl (C=O) groups excluding carboxylic acids is 1. The second kappa shape index (κ2) is 4.36. The van der Waals surface area contributed by atoms with Crippen LogP contribution in [0.25, 0.3) is 0 Å². The van der Waals surface area contributed by atoms with Crippen molar-refractivity contribution in [3.05, 3.63) is 29.8 Å². The van der Waals surface area contributed by atoms with Gasteiger partial charge >= 0.3 is 0 Å². The Morgan fingerprint density at radius 1 is 1.67 bits per heavy atom. The molecule has 0 aliphatic carbocycles. The van der Waals surface area contributed by atoms with Crippen molar-refractivity contribution in [2.24, 2.45) is 4.99 Å². The van der Waals surface area contributed by atoms with Gasteiger partial charge in [-0.05, 0) is 12.5 Å². The molecule has 0 aromatic carbocycles. The molecule has 1 rings (SSSR count). The zero-order chi connectivity index (χ0) is 8.81. The van der Waals surface area contributed by atoms with Crippen LogP contribution in [0.3, 0.4) is 0 Å². The highest BCUT2D eigenvalue weighted by atomic mass is 19.1. The van der Waals surface area contributed by atoms with E-state index in [9.17, 15) is 9.18 Å². The van der Waals surface area contributed by atoms with E-state index in [1.54, 1.807) is 12.1 Å². The molecule has 0 unspecified atom stereocenters.